The van der Waals surface area contributed by atoms with E-state index in [1.165, 1.54) is 48.2 Å². The van der Waals surface area contributed by atoms with Crippen LogP contribution < -0.4 is 9.47 Å². The normalized spacial score (nSPS) is 20.0. The minimum atomic E-state index is 0. The van der Waals surface area contributed by atoms with Crippen molar-refractivity contribution in [1.82, 2.24) is 4.90 Å². The van der Waals surface area contributed by atoms with Crippen LogP contribution in [0.3, 0.4) is 0 Å². The zero-order valence-electron chi connectivity index (χ0n) is 19.4. The Labute approximate surface area is 204 Å². The lowest BCUT2D eigenvalue weighted by Gasteiger charge is -2.35. The third-order valence-electron chi connectivity index (χ3n) is 7.15. The fourth-order valence-electron chi connectivity index (χ4n) is 5.46. The van der Waals surface area contributed by atoms with E-state index in [0.29, 0.717) is 11.8 Å². The summed E-state index contributed by atoms with van der Waals surface area (Å²) in [5.41, 5.74) is 5.61. The van der Waals surface area contributed by atoms with Crippen molar-refractivity contribution >= 4 is 12.4 Å². The summed E-state index contributed by atoms with van der Waals surface area (Å²) in [5, 5.41) is 0. The highest BCUT2D eigenvalue weighted by atomic mass is 35.5. The Balaban J connectivity index is 0.00000259. The molecule has 0 bridgehead atoms. The van der Waals surface area contributed by atoms with E-state index < -0.39 is 0 Å². The molecule has 174 valence electrons. The van der Waals surface area contributed by atoms with Crippen molar-refractivity contribution < 1.29 is 9.47 Å². The quantitative estimate of drug-likeness (QED) is 0.401. The summed E-state index contributed by atoms with van der Waals surface area (Å²) in [6, 6.07) is 26.4. The van der Waals surface area contributed by atoms with E-state index in [9.17, 15) is 0 Å². The number of rotatable bonds is 7. The van der Waals surface area contributed by atoms with Crippen LogP contribution in [0.15, 0.2) is 72.8 Å². The van der Waals surface area contributed by atoms with Gasteiger partial charge in [0.25, 0.3) is 0 Å². The largest absolute Gasteiger partial charge is 0.497 e. The molecule has 1 fully saturated rings. The summed E-state index contributed by atoms with van der Waals surface area (Å²) < 4.78 is 11.6. The molecule has 33 heavy (non-hydrogen) atoms. The maximum atomic E-state index is 6.06. The molecule has 5 rings (SSSR count). The zero-order valence-corrected chi connectivity index (χ0v) is 20.2. The molecule has 3 aromatic carbocycles. The number of aryl methyl sites for hydroxylation is 1. The number of nitrogens with zero attached hydrogens (tertiary/aromatic N) is 1. The van der Waals surface area contributed by atoms with E-state index >= 15 is 0 Å². The molecular weight excluding hydrogens is 430 g/mol. The van der Waals surface area contributed by atoms with Crippen LogP contribution in [-0.4, -0.2) is 38.3 Å². The third kappa shape index (κ3) is 5.37. The van der Waals surface area contributed by atoms with Gasteiger partial charge in [0.05, 0.1) is 7.11 Å². The lowest BCUT2D eigenvalue weighted by molar-refractivity contribution is 0.237. The van der Waals surface area contributed by atoms with Crippen molar-refractivity contribution in [2.45, 2.75) is 37.5 Å². The van der Waals surface area contributed by atoms with E-state index in [1.807, 2.05) is 0 Å². The highest BCUT2D eigenvalue weighted by Gasteiger charge is 2.32. The Hall–Kier alpha value is -2.49. The molecule has 0 unspecified atom stereocenters. The molecule has 2 aliphatic rings. The fourth-order valence-corrected chi connectivity index (χ4v) is 5.46. The first-order valence-corrected chi connectivity index (χ1v) is 12.0. The number of hydrogen-bond acceptors (Lipinski definition) is 3. The van der Waals surface area contributed by atoms with Crippen LogP contribution in [0.25, 0.3) is 0 Å². The maximum absolute atomic E-state index is 6.06. The summed E-state index contributed by atoms with van der Waals surface area (Å²) in [4.78, 5) is 2.49. The Morgan fingerprint density at radius 2 is 1.58 bits per heavy atom. The van der Waals surface area contributed by atoms with Gasteiger partial charge in [-0.1, -0.05) is 48.5 Å². The molecule has 0 N–H and O–H groups in total. The average molecular weight is 464 g/mol. The molecule has 0 amide bonds. The Morgan fingerprint density at radius 3 is 2.30 bits per heavy atom. The van der Waals surface area contributed by atoms with Crippen LogP contribution in [0.1, 0.15) is 53.4 Å². The summed E-state index contributed by atoms with van der Waals surface area (Å²) in [5.74, 6) is 2.72. The van der Waals surface area contributed by atoms with Gasteiger partial charge < -0.3 is 9.47 Å². The second-order valence-corrected chi connectivity index (χ2v) is 9.06. The second kappa shape index (κ2) is 11.1. The molecule has 4 heteroatoms. The summed E-state index contributed by atoms with van der Waals surface area (Å²) in [6.45, 7) is 4.22. The Kier molecular flexibility index (Phi) is 7.95. The monoisotopic (exact) mass is 463 g/mol. The standard InChI is InChI=1S/C29H33NO2.ClH/c1-31-26-14-16-28-24(21-26)11-15-27(22-7-3-2-4-8-22)29(28)23-9-12-25(13-10-23)32-20-19-30-17-5-6-18-30;/h2-4,7-10,12-14,16,21,27,29H,5-6,11,15,17-20H2,1H3;1H/t27-,29+;/m0./s1. The first-order chi connectivity index (χ1) is 15.8. The minimum absolute atomic E-state index is 0. The molecule has 3 nitrogen and oxygen atoms in total. The predicted molar refractivity (Wildman–Crippen MR) is 137 cm³/mol. The summed E-state index contributed by atoms with van der Waals surface area (Å²) >= 11 is 0. The van der Waals surface area contributed by atoms with Crippen LogP contribution in [0.2, 0.25) is 0 Å². The SMILES string of the molecule is COc1ccc2c(c1)CC[C@@H](c1ccccc1)[C@H]2c1ccc(OCCN2CCCC2)cc1.Cl. The highest BCUT2D eigenvalue weighted by Crippen LogP contribution is 2.47. The molecule has 1 saturated heterocycles. The van der Waals surface area contributed by atoms with Crippen LogP contribution in [0.5, 0.6) is 11.5 Å². The van der Waals surface area contributed by atoms with Gasteiger partial charge in [0, 0.05) is 12.5 Å². The molecule has 0 saturated carbocycles. The van der Waals surface area contributed by atoms with Gasteiger partial charge in [-0.3, -0.25) is 4.90 Å². The minimum Gasteiger partial charge on any atom is -0.497 e. The number of hydrogen-bond donors (Lipinski definition) is 0. The molecule has 3 aromatic rings. The second-order valence-electron chi connectivity index (χ2n) is 9.06. The molecular formula is C29H34ClNO2. The van der Waals surface area contributed by atoms with Gasteiger partial charge in [-0.25, -0.2) is 0 Å². The number of benzene rings is 3. The first kappa shape index (κ1) is 23.7. The van der Waals surface area contributed by atoms with Crippen molar-refractivity contribution in [3.05, 3.63) is 95.1 Å². The van der Waals surface area contributed by atoms with Crippen molar-refractivity contribution in [2.75, 3.05) is 33.4 Å². The van der Waals surface area contributed by atoms with Gasteiger partial charge in [-0.05, 0) is 91.2 Å². The van der Waals surface area contributed by atoms with E-state index in [2.05, 4.69) is 77.7 Å². The van der Waals surface area contributed by atoms with Gasteiger partial charge in [0.15, 0.2) is 0 Å². The Morgan fingerprint density at radius 1 is 0.848 bits per heavy atom. The zero-order chi connectivity index (χ0) is 21.8. The molecule has 2 atom stereocenters. The fraction of sp³-hybridized carbons (Fsp3) is 0.379. The van der Waals surface area contributed by atoms with Crippen LogP contribution in [0.4, 0.5) is 0 Å². The average Bonchev–Trinajstić information content (AvgIpc) is 3.37. The molecule has 1 heterocycles. The summed E-state index contributed by atoms with van der Waals surface area (Å²) in [7, 11) is 1.75. The van der Waals surface area contributed by atoms with Crippen molar-refractivity contribution in [3.8, 4) is 11.5 Å². The van der Waals surface area contributed by atoms with Gasteiger partial charge >= 0.3 is 0 Å². The van der Waals surface area contributed by atoms with Gasteiger partial charge in [0.1, 0.15) is 18.1 Å². The number of ether oxygens (including phenoxy) is 2. The van der Waals surface area contributed by atoms with E-state index in [1.54, 1.807) is 7.11 Å². The Bertz CT molecular complexity index is 1020. The van der Waals surface area contributed by atoms with Crippen molar-refractivity contribution in [2.24, 2.45) is 0 Å². The maximum Gasteiger partial charge on any atom is 0.119 e. The molecule has 0 aromatic heterocycles. The van der Waals surface area contributed by atoms with Crippen molar-refractivity contribution in [3.63, 3.8) is 0 Å². The smallest absolute Gasteiger partial charge is 0.119 e. The van der Waals surface area contributed by atoms with Crippen LogP contribution in [0, 0.1) is 0 Å². The van der Waals surface area contributed by atoms with E-state index in [0.717, 1.165) is 37.5 Å². The van der Waals surface area contributed by atoms with Gasteiger partial charge in [0.2, 0.25) is 0 Å². The van der Waals surface area contributed by atoms with Crippen molar-refractivity contribution in [1.29, 1.82) is 0 Å². The summed E-state index contributed by atoms with van der Waals surface area (Å²) in [6.07, 6.45) is 4.88. The molecule has 1 aliphatic heterocycles. The third-order valence-corrected chi connectivity index (χ3v) is 7.15. The highest BCUT2D eigenvalue weighted by molar-refractivity contribution is 5.85. The molecule has 1 aliphatic carbocycles. The van der Waals surface area contributed by atoms with Crippen LogP contribution >= 0.6 is 12.4 Å². The number of methoxy groups -OCH3 is 1. The van der Waals surface area contributed by atoms with Crippen LogP contribution in [-0.2, 0) is 6.42 Å². The number of halogens is 1. The lowest BCUT2D eigenvalue weighted by atomic mass is 9.69. The van der Waals surface area contributed by atoms with E-state index in [4.69, 9.17) is 9.47 Å². The lowest BCUT2D eigenvalue weighted by Crippen LogP contribution is -2.25. The topological polar surface area (TPSA) is 21.7 Å². The predicted octanol–water partition coefficient (Wildman–Crippen LogP) is 6.45. The number of fused-ring (bicyclic) bond motifs is 1. The van der Waals surface area contributed by atoms with Gasteiger partial charge in [-0.15, -0.1) is 12.4 Å². The number of likely N-dealkylation sites (tertiary alicyclic amines) is 1. The first-order valence-electron chi connectivity index (χ1n) is 12.0. The molecule has 0 spiro atoms. The van der Waals surface area contributed by atoms with E-state index in [-0.39, 0.29) is 12.4 Å². The van der Waals surface area contributed by atoms with Gasteiger partial charge in [-0.2, -0.15) is 0 Å². The molecule has 0 radical (unpaired) electrons.